The maximum absolute atomic E-state index is 12.3. The van der Waals surface area contributed by atoms with Crippen molar-refractivity contribution in [2.24, 2.45) is 0 Å². The molecule has 4 rings (SSSR count). The van der Waals surface area contributed by atoms with Crippen molar-refractivity contribution >= 4 is 33.3 Å². The molecule has 0 saturated heterocycles. The van der Waals surface area contributed by atoms with E-state index in [1.165, 1.54) is 16.8 Å². The predicted octanol–water partition coefficient (Wildman–Crippen LogP) is 1.41. The van der Waals surface area contributed by atoms with E-state index in [2.05, 4.69) is 20.1 Å². The van der Waals surface area contributed by atoms with E-state index in [1.54, 1.807) is 22.3 Å². The van der Waals surface area contributed by atoms with Gasteiger partial charge in [-0.2, -0.15) is 16.9 Å². The van der Waals surface area contributed by atoms with E-state index in [-0.39, 0.29) is 5.56 Å². The zero-order valence-corrected chi connectivity index (χ0v) is 12.1. The quantitative estimate of drug-likeness (QED) is 0.775. The van der Waals surface area contributed by atoms with Gasteiger partial charge < -0.3 is 4.98 Å². The SMILES string of the molecule is O=c1[nH]c(Cn2cncn2)nc2sc3c(c12)CCSC3. The Bertz CT molecular complexity index is 820. The van der Waals surface area contributed by atoms with E-state index >= 15 is 0 Å². The van der Waals surface area contributed by atoms with E-state index in [4.69, 9.17) is 0 Å². The molecule has 1 N–H and O–H groups in total. The number of thiophene rings is 1. The number of H-pyrrole nitrogens is 1. The summed E-state index contributed by atoms with van der Waals surface area (Å²) in [5.74, 6) is 2.70. The molecular weight excluding hydrogens is 294 g/mol. The summed E-state index contributed by atoms with van der Waals surface area (Å²) < 4.78 is 1.65. The first-order valence-corrected chi connectivity index (χ1v) is 8.22. The van der Waals surface area contributed by atoms with Gasteiger partial charge in [0.1, 0.15) is 29.9 Å². The number of rotatable bonds is 2. The lowest BCUT2D eigenvalue weighted by Gasteiger charge is -2.09. The summed E-state index contributed by atoms with van der Waals surface area (Å²) in [6, 6.07) is 0. The lowest BCUT2D eigenvalue weighted by molar-refractivity contribution is 0.654. The summed E-state index contributed by atoms with van der Waals surface area (Å²) >= 11 is 3.56. The highest BCUT2D eigenvalue weighted by atomic mass is 32.2. The molecule has 0 aromatic carbocycles. The Morgan fingerprint density at radius 3 is 3.25 bits per heavy atom. The van der Waals surface area contributed by atoms with Gasteiger partial charge in [0.25, 0.3) is 5.56 Å². The first-order chi connectivity index (χ1) is 9.81. The summed E-state index contributed by atoms with van der Waals surface area (Å²) in [6.07, 6.45) is 4.05. The molecule has 1 aliphatic heterocycles. The topological polar surface area (TPSA) is 76.5 Å². The van der Waals surface area contributed by atoms with Crippen molar-refractivity contribution in [3.63, 3.8) is 0 Å². The molecule has 102 valence electrons. The third kappa shape index (κ3) is 1.95. The molecule has 3 aromatic heterocycles. The molecule has 0 bridgehead atoms. The van der Waals surface area contributed by atoms with Gasteiger partial charge in [-0.25, -0.2) is 14.6 Å². The number of fused-ring (bicyclic) bond motifs is 3. The summed E-state index contributed by atoms with van der Waals surface area (Å²) in [5, 5.41) is 4.81. The minimum atomic E-state index is -0.0329. The highest BCUT2D eigenvalue weighted by Gasteiger charge is 2.20. The molecule has 0 atom stereocenters. The van der Waals surface area contributed by atoms with Gasteiger partial charge in [-0.1, -0.05) is 0 Å². The van der Waals surface area contributed by atoms with E-state index < -0.39 is 0 Å². The number of nitrogens with zero attached hydrogens (tertiary/aromatic N) is 4. The van der Waals surface area contributed by atoms with Crippen LogP contribution in [-0.2, 0) is 18.7 Å². The number of aromatic amines is 1. The van der Waals surface area contributed by atoms with Crippen molar-refractivity contribution in [3.05, 3.63) is 39.3 Å². The largest absolute Gasteiger partial charge is 0.308 e. The standard InChI is InChI=1S/C12H11N5OS2/c18-11-10-7-1-2-19-4-8(7)20-12(10)16-9(15-11)3-17-6-13-5-14-17/h5-6H,1-4H2,(H,15,16,18). The number of aromatic nitrogens is 5. The van der Waals surface area contributed by atoms with Crippen LogP contribution in [0.1, 0.15) is 16.3 Å². The Morgan fingerprint density at radius 1 is 1.45 bits per heavy atom. The van der Waals surface area contributed by atoms with Crippen molar-refractivity contribution in [1.29, 1.82) is 0 Å². The number of thioether (sulfide) groups is 1. The van der Waals surface area contributed by atoms with Crippen molar-refractivity contribution in [2.45, 2.75) is 18.7 Å². The van der Waals surface area contributed by atoms with Gasteiger partial charge in [-0.15, -0.1) is 11.3 Å². The minimum Gasteiger partial charge on any atom is -0.308 e. The van der Waals surface area contributed by atoms with Crippen LogP contribution in [-0.4, -0.2) is 30.5 Å². The summed E-state index contributed by atoms with van der Waals surface area (Å²) in [4.78, 5) is 25.8. The predicted molar refractivity (Wildman–Crippen MR) is 79.2 cm³/mol. The Balaban J connectivity index is 1.84. The van der Waals surface area contributed by atoms with Crippen molar-refractivity contribution in [1.82, 2.24) is 24.7 Å². The lowest BCUT2D eigenvalue weighted by atomic mass is 10.1. The van der Waals surface area contributed by atoms with Crippen molar-refractivity contribution in [2.75, 3.05) is 5.75 Å². The monoisotopic (exact) mass is 305 g/mol. The number of hydrogen-bond donors (Lipinski definition) is 1. The second-order valence-electron chi connectivity index (χ2n) is 4.59. The van der Waals surface area contributed by atoms with Gasteiger partial charge in [0.05, 0.1) is 5.39 Å². The fraction of sp³-hybridized carbons (Fsp3) is 0.333. The third-order valence-electron chi connectivity index (χ3n) is 3.30. The molecule has 20 heavy (non-hydrogen) atoms. The summed E-state index contributed by atoms with van der Waals surface area (Å²) in [7, 11) is 0. The van der Waals surface area contributed by atoms with Gasteiger partial charge in [0, 0.05) is 10.6 Å². The normalized spacial score (nSPS) is 14.6. The molecule has 6 nitrogen and oxygen atoms in total. The highest BCUT2D eigenvalue weighted by Crippen LogP contribution is 2.35. The maximum Gasteiger partial charge on any atom is 0.259 e. The molecule has 3 aromatic rings. The lowest BCUT2D eigenvalue weighted by Crippen LogP contribution is -2.15. The van der Waals surface area contributed by atoms with E-state index in [1.807, 2.05) is 11.8 Å². The average molecular weight is 305 g/mol. The number of aryl methyl sites for hydroxylation is 1. The zero-order valence-electron chi connectivity index (χ0n) is 10.5. The van der Waals surface area contributed by atoms with Crippen LogP contribution in [0.5, 0.6) is 0 Å². The molecule has 0 saturated carbocycles. The van der Waals surface area contributed by atoms with Crippen molar-refractivity contribution < 1.29 is 0 Å². The molecule has 0 radical (unpaired) electrons. The number of hydrogen-bond acceptors (Lipinski definition) is 6. The Morgan fingerprint density at radius 2 is 2.40 bits per heavy atom. The van der Waals surface area contributed by atoms with Crippen molar-refractivity contribution in [3.8, 4) is 0 Å². The summed E-state index contributed by atoms with van der Waals surface area (Å²) in [6.45, 7) is 0.433. The molecule has 4 heterocycles. The fourth-order valence-corrected chi connectivity index (χ4v) is 4.79. The molecule has 0 unspecified atom stereocenters. The minimum absolute atomic E-state index is 0.0329. The van der Waals surface area contributed by atoms with Gasteiger partial charge in [0.15, 0.2) is 0 Å². The molecule has 0 spiro atoms. The molecule has 0 aliphatic carbocycles. The first kappa shape index (κ1) is 12.1. The van der Waals surface area contributed by atoms with E-state index in [0.29, 0.717) is 12.4 Å². The Labute approximate surface area is 122 Å². The molecular formula is C12H11N5OS2. The van der Waals surface area contributed by atoms with E-state index in [0.717, 1.165) is 28.1 Å². The Hall–Kier alpha value is -1.67. The van der Waals surface area contributed by atoms with Gasteiger partial charge in [-0.05, 0) is 17.7 Å². The van der Waals surface area contributed by atoms with Crippen LogP contribution in [0.15, 0.2) is 17.4 Å². The van der Waals surface area contributed by atoms with Crippen LogP contribution < -0.4 is 5.56 Å². The smallest absolute Gasteiger partial charge is 0.259 e. The Kier molecular flexibility index (Phi) is 2.85. The van der Waals surface area contributed by atoms with Crippen LogP contribution >= 0.6 is 23.1 Å². The van der Waals surface area contributed by atoms with Crippen LogP contribution in [0, 0.1) is 0 Å². The zero-order chi connectivity index (χ0) is 13.5. The van der Waals surface area contributed by atoms with Crippen LogP contribution in [0.3, 0.4) is 0 Å². The highest BCUT2D eigenvalue weighted by molar-refractivity contribution is 7.98. The average Bonchev–Trinajstić information content (AvgIpc) is 3.05. The van der Waals surface area contributed by atoms with Gasteiger partial charge >= 0.3 is 0 Å². The van der Waals surface area contributed by atoms with Crippen LogP contribution in [0.25, 0.3) is 10.2 Å². The molecule has 8 heteroatoms. The second-order valence-corrected chi connectivity index (χ2v) is 6.78. The molecule has 0 fully saturated rings. The van der Waals surface area contributed by atoms with Gasteiger partial charge in [-0.3, -0.25) is 4.79 Å². The molecule has 1 aliphatic rings. The van der Waals surface area contributed by atoms with Gasteiger partial charge in [0.2, 0.25) is 0 Å². The number of nitrogens with one attached hydrogen (secondary N) is 1. The first-order valence-electron chi connectivity index (χ1n) is 6.25. The molecule has 0 amide bonds. The van der Waals surface area contributed by atoms with Crippen LogP contribution in [0.2, 0.25) is 0 Å². The summed E-state index contributed by atoms with van der Waals surface area (Å²) in [5.41, 5.74) is 1.17. The fourth-order valence-electron chi connectivity index (χ4n) is 2.42. The van der Waals surface area contributed by atoms with E-state index in [9.17, 15) is 4.79 Å². The van der Waals surface area contributed by atoms with Crippen LogP contribution in [0.4, 0.5) is 0 Å². The maximum atomic E-state index is 12.3. The second kappa shape index (κ2) is 4.71. The third-order valence-corrected chi connectivity index (χ3v) is 5.60.